The van der Waals surface area contributed by atoms with Gasteiger partial charge in [0.05, 0.1) is 32.0 Å². The molecule has 4 aromatic rings. The van der Waals surface area contributed by atoms with Crippen molar-refractivity contribution in [2.24, 2.45) is 0 Å². The first-order valence-corrected chi connectivity index (χ1v) is 13.1. The number of nitrogens with one attached hydrogen (secondary N) is 1. The van der Waals surface area contributed by atoms with Crippen LogP contribution in [0.15, 0.2) is 66.7 Å². The summed E-state index contributed by atoms with van der Waals surface area (Å²) in [6.45, 7) is 5.91. The zero-order valence-corrected chi connectivity index (χ0v) is 20.9. The molecular weight excluding hydrogens is 462 g/mol. The number of benzene rings is 3. The fourth-order valence-corrected chi connectivity index (χ4v) is 5.28. The fraction of sp³-hybridized carbons (Fsp3) is 0.323. The summed E-state index contributed by atoms with van der Waals surface area (Å²) in [5.74, 6) is 0.650. The second kappa shape index (κ2) is 10.8. The van der Waals surface area contributed by atoms with E-state index in [-0.39, 0.29) is 6.10 Å². The lowest BCUT2D eigenvalue weighted by molar-refractivity contribution is 0.0254. The normalized spacial score (nSPS) is 17.1. The Kier molecular flexibility index (Phi) is 6.92. The standard InChI is InChI=1S/C31H31N3O3/c32-20-25-18-23(7-8-31(25)37-26-9-13-35-14-10-26)27-5-2-6-29-28(27)19-30(33-29)24-4-1-3-22(17-24)21-34-11-15-36-16-12-34/h1-8,17-19,26,33H,9-16,21H2. The smallest absolute Gasteiger partial charge is 0.137 e. The molecule has 1 aromatic heterocycles. The first-order chi connectivity index (χ1) is 18.3. The van der Waals surface area contributed by atoms with Crippen molar-refractivity contribution in [1.29, 1.82) is 5.26 Å². The molecular formula is C31H31N3O3. The van der Waals surface area contributed by atoms with Gasteiger partial charge in [0.2, 0.25) is 0 Å². The van der Waals surface area contributed by atoms with Crippen LogP contribution in [0.2, 0.25) is 0 Å². The van der Waals surface area contributed by atoms with E-state index in [1.165, 1.54) is 11.1 Å². The Morgan fingerprint density at radius 2 is 1.70 bits per heavy atom. The molecule has 3 aromatic carbocycles. The Morgan fingerprint density at radius 3 is 2.54 bits per heavy atom. The topological polar surface area (TPSA) is 70.5 Å². The largest absolute Gasteiger partial charge is 0.489 e. The average Bonchev–Trinajstić information content (AvgIpc) is 3.39. The molecule has 0 spiro atoms. The van der Waals surface area contributed by atoms with E-state index < -0.39 is 0 Å². The number of morpholine rings is 1. The molecule has 0 aliphatic carbocycles. The Morgan fingerprint density at radius 1 is 0.892 bits per heavy atom. The van der Waals surface area contributed by atoms with Crippen LogP contribution in [0.3, 0.4) is 0 Å². The van der Waals surface area contributed by atoms with Gasteiger partial charge >= 0.3 is 0 Å². The molecule has 188 valence electrons. The van der Waals surface area contributed by atoms with Crippen molar-refractivity contribution in [1.82, 2.24) is 9.88 Å². The lowest BCUT2D eigenvalue weighted by atomic mass is 9.99. The van der Waals surface area contributed by atoms with Crippen molar-refractivity contribution in [2.75, 3.05) is 39.5 Å². The van der Waals surface area contributed by atoms with Crippen molar-refractivity contribution in [3.8, 4) is 34.2 Å². The second-order valence-corrected chi connectivity index (χ2v) is 9.79. The molecule has 0 saturated carbocycles. The second-order valence-electron chi connectivity index (χ2n) is 9.79. The number of nitriles is 1. The minimum absolute atomic E-state index is 0.0985. The minimum Gasteiger partial charge on any atom is -0.489 e. The minimum atomic E-state index is 0.0985. The Labute approximate surface area is 217 Å². The number of fused-ring (bicyclic) bond motifs is 1. The molecule has 6 nitrogen and oxygen atoms in total. The highest BCUT2D eigenvalue weighted by molar-refractivity contribution is 5.98. The molecule has 3 heterocycles. The van der Waals surface area contributed by atoms with Gasteiger partial charge in [-0.15, -0.1) is 0 Å². The van der Waals surface area contributed by atoms with Gasteiger partial charge in [-0.25, -0.2) is 0 Å². The Bertz CT molecular complexity index is 1430. The fourth-order valence-electron chi connectivity index (χ4n) is 5.28. The molecule has 2 aliphatic heterocycles. The van der Waals surface area contributed by atoms with Gasteiger partial charge in [0, 0.05) is 49.1 Å². The zero-order valence-electron chi connectivity index (χ0n) is 20.9. The number of ether oxygens (including phenoxy) is 3. The lowest BCUT2D eigenvalue weighted by Gasteiger charge is -2.26. The molecule has 0 atom stereocenters. The molecule has 2 saturated heterocycles. The average molecular weight is 494 g/mol. The summed E-state index contributed by atoms with van der Waals surface area (Å²) >= 11 is 0. The number of hydrogen-bond donors (Lipinski definition) is 1. The van der Waals surface area contributed by atoms with E-state index in [4.69, 9.17) is 14.2 Å². The van der Waals surface area contributed by atoms with Gasteiger partial charge in [-0.2, -0.15) is 5.26 Å². The van der Waals surface area contributed by atoms with Crippen molar-refractivity contribution < 1.29 is 14.2 Å². The maximum Gasteiger partial charge on any atom is 0.137 e. The number of aromatic nitrogens is 1. The summed E-state index contributed by atoms with van der Waals surface area (Å²) in [5.41, 5.74) is 7.31. The molecule has 0 amide bonds. The van der Waals surface area contributed by atoms with E-state index in [0.29, 0.717) is 24.5 Å². The van der Waals surface area contributed by atoms with Crippen LogP contribution in [0.1, 0.15) is 24.0 Å². The number of hydrogen-bond acceptors (Lipinski definition) is 5. The van der Waals surface area contributed by atoms with Gasteiger partial charge in [0.15, 0.2) is 0 Å². The summed E-state index contributed by atoms with van der Waals surface area (Å²) < 4.78 is 17.1. The van der Waals surface area contributed by atoms with E-state index >= 15 is 0 Å². The highest BCUT2D eigenvalue weighted by Gasteiger charge is 2.18. The number of nitrogens with zero attached hydrogens (tertiary/aromatic N) is 2. The Balaban J connectivity index is 1.29. The Hall–Kier alpha value is -3.63. The van der Waals surface area contributed by atoms with E-state index in [0.717, 1.165) is 73.4 Å². The molecule has 2 aliphatic rings. The molecule has 0 radical (unpaired) electrons. The first kappa shape index (κ1) is 23.7. The molecule has 6 heteroatoms. The number of H-pyrrole nitrogens is 1. The third kappa shape index (κ3) is 5.26. The van der Waals surface area contributed by atoms with Crippen LogP contribution in [-0.2, 0) is 16.0 Å². The maximum absolute atomic E-state index is 9.86. The molecule has 0 unspecified atom stereocenters. The number of rotatable bonds is 6. The number of aromatic amines is 1. The van der Waals surface area contributed by atoms with Crippen LogP contribution in [0, 0.1) is 11.3 Å². The predicted octanol–water partition coefficient (Wildman–Crippen LogP) is 5.76. The molecule has 37 heavy (non-hydrogen) atoms. The van der Waals surface area contributed by atoms with Gasteiger partial charge in [-0.3, -0.25) is 4.90 Å². The van der Waals surface area contributed by atoms with Gasteiger partial charge in [-0.05, 0) is 52.6 Å². The van der Waals surface area contributed by atoms with Crippen molar-refractivity contribution in [3.63, 3.8) is 0 Å². The SMILES string of the molecule is N#Cc1cc(-c2cccc3[nH]c(-c4cccc(CN5CCOCC5)c4)cc23)ccc1OC1CCOCC1. The maximum atomic E-state index is 9.86. The van der Waals surface area contributed by atoms with Crippen LogP contribution < -0.4 is 4.74 Å². The van der Waals surface area contributed by atoms with Crippen molar-refractivity contribution >= 4 is 10.9 Å². The molecule has 1 N–H and O–H groups in total. The highest BCUT2D eigenvalue weighted by atomic mass is 16.5. The van der Waals surface area contributed by atoms with Crippen LogP contribution >= 0.6 is 0 Å². The predicted molar refractivity (Wildman–Crippen MR) is 144 cm³/mol. The summed E-state index contributed by atoms with van der Waals surface area (Å²) in [4.78, 5) is 6.05. The van der Waals surface area contributed by atoms with Crippen LogP contribution in [-0.4, -0.2) is 55.5 Å². The van der Waals surface area contributed by atoms with E-state index in [2.05, 4.69) is 70.6 Å². The van der Waals surface area contributed by atoms with Crippen LogP contribution in [0.5, 0.6) is 5.75 Å². The third-order valence-corrected chi connectivity index (χ3v) is 7.28. The summed E-state index contributed by atoms with van der Waals surface area (Å²) in [6, 6.07) is 25.5. The molecule has 2 fully saturated rings. The van der Waals surface area contributed by atoms with Crippen LogP contribution in [0.4, 0.5) is 0 Å². The first-order valence-electron chi connectivity index (χ1n) is 13.1. The lowest BCUT2D eigenvalue weighted by Crippen LogP contribution is -2.35. The summed E-state index contributed by atoms with van der Waals surface area (Å²) in [7, 11) is 0. The van der Waals surface area contributed by atoms with Gasteiger partial charge < -0.3 is 19.2 Å². The quantitative estimate of drug-likeness (QED) is 0.370. The van der Waals surface area contributed by atoms with Gasteiger partial charge in [0.25, 0.3) is 0 Å². The summed E-state index contributed by atoms with van der Waals surface area (Å²) in [6.07, 6.45) is 1.80. The monoisotopic (exact) mass is 493 g/mol. The van der Waals surface area contributed by atoms with E-state index in [1.54, 1.807) is 0 Å². The summed E-state index contributed by atoms with van der Waals surface area (Å²) in [5, 5.41) is 11.0. The van der Waals surface area contributed by atoms with Gasteiger partial charge in [-0.1, -0.05) is 36.4 Å². The molecule has 0 bridgehead atoms. The zero-order chi connectivity index (χ0) is 25.0. The highest BCUT2D eigenvalue weighted by Crippen LogP contribution is 2.35. The molecule has 6 rings (SSSR count). The van der Waals surface area contributed by atoms with Crippen molar-refractivity contribution in [2.45, 2.75) is 25.5 Å². The van der Waals surface area contributed by atoms with E-state index in [1.807, 2.05) is 12.1 Å². The third-order valence-electron chi connectivity index (χ3n) is 7.28. The van der Waals surface area contributed by atoms with Crippen LogP contribution in [0.25, 0.3) is 33.3 Å². The van der Waals surface area contributed by atoms with Crippen molar-refractivity contribution in [3.05, 3.63) is 77.9 Å². The van der Waals surface area contributed by atoms with Gasteiger partial charge in [0.1, 0.15) is 17.9 Å². The van der Waals surface area contributed by atoms with E-state index in [9.17, 15) is 5.26 Å².